The Kier molecular flexibility index (Phi) is 7.96. The zero-order valence-corrected chi connectivity index (χ0v) is 20.8. The highest BCUT2D eigenvalue weighted by molar-refractivity contribution is 5.32. The van der Waals surface area contributed by atoms with Gasteiger partial charge in [0.05, 0.1) is 0 Å². The van der Waals surface area contributed by atoms with Gasteiger partial charge < -0.3 is 4.74 Å². The van der Waals surface area contributed by atoms with Crippen molar-refractivity contribution in [3.63, 3.8) is 0 Å². The van der Waals surface area contributed by atoms with Crippen LogP contribution in [0.3, 0.4) is 0 Å². The first-order valence-electron chi connectivity index (χ1n) is 13.0. The van der Waals surface area contributed by atoms with Crippen LogP contribution in [0.1, 0.15) is 87.3 Å². The van der Waals surface area contributed by atoms with Crippen molar-refractivity contribution in [2.45, 2.75) is 89.6 Å². The Balaban J connectivity index is 1.31. The molecule has 0 N–H and O–H groups in total. The molecule has 2 aliphatic carbocycles. The summed E-state index contributed by atoms with van der Waals surface area (Å²) in [6.07, 6.45) is 2.89. The van der Waals surface area contributed by atoms with Crippen molar-refractivity contribution in [1.29, 1.82) is 0 Å². The maximum Gasteiger partial charge on any atom is 0.429 e. The van der Waals surface area contributed by atoms with Crippen molar-refractivity contribution in [2.75, 3.05) is 0 Å². The van der Waals surface area contributed by atoms with Gasteiger partial charge in [-0.15, -0.1) is 0 Å². The predicted octanol–water partition coefficient (Wildman–Crippen LogP) is 9.53. The van der Waals surface area contributed by atoms with Crippen LogP contribution in [0.5, 0.6) is 5.75 Å². The molecule has 2 aromatic rings. The van der Waals surface area contributed by atoms with E-state index in [4.69, 9.17) is 4.74 Å². The molecule has 198 valence electrons. The Morgan fingerprint density at radius 3 is 1.86 bits per heavy atom. The highest BCUT2D eigenvalue weighted by atomic mass is 19.3. The average molecular weight is 513 g/mol. The molecule has 1 nitrogen and oxygen atoms in total. The maximum absolute atomic E-state index is 14.5. The van der Waals surface area contributed by atoms with E-state index in [2.05, 4.69) is 0 Å². The number of benzene rings is 2. The molecule has 2 fully saturated rings. The van der Waals surface area contributed by atoms with Gasteiger partial charge in [0.2, 0.25) is 0 Å². The standard InChI is InChI=1S/C29H34F6O/c1-3-28(32,33)23-13-9-21(10-14-23)19-5-7-20(8-6-19)22-11-15-24(16-12-22)36-29(34,35)25-17-4-18(2)26(30)27(25)31/h4,11-12,15-17,19-21,23H,3,5-10,13-14H2,1-2H3. The van der Waals surface area contributed by atoms with Gasteiger partial charge in [-0.25, -0.2) is 17.6 Å². The molecule has 36 heavy (non-hydrogen) atoms. The summed E-state index contributed by atoms with van der Waals surface area (Å²) in [6, 6.07) is 8.31. The fourth-order valence-corrected chi connectivity index (χ4v) is 6.11. The number of alkyl halides is 4. The van der Waals surface area contributed by atoms with E-state index in [0.29, 0.717) is 30.6 Å². The molecule has 0 unspecified atom stereocenters. The second-order valence-electron chi connectivity index (χ2n) is 10.6. The first kappa shape index (κ1) is 26.9. The quantitative estimate of drug-likeness (QED) is 0.336. The SMILES string of the molecule is CCC(F)(F)C1CCC(C2CCC(c3ccc(OC(F)(F)c4ccc(C)c(F)c4F)cc3)CC2)CC1. The van der Waals surface area contributed by atoms with Gasteiger partial charge in [-0.3, -0.25) is 0 Å². The van der Waals surface area contributed by atoms with E-state index in [1.54, 1.807) is 19.1 Å². The summed E-state index contributed by atoms with van der Waals surface area (Å²) in [6.45, 7) is 2.86. The Labute approximate surface area is 209 Å². The lowest BCUT2D eigenvalue weighted by atomic mass is 9.67. The van der Waals surface area contributed by atoms with E-state index < -0.39 is 35.1 Å². The first-order chi connectivity index (χ1) is 17.0. The fraction of sp³-hybridized carbons (Fsp3) is 0.586. The predicted molar refractivity (Wildman–Crippen MR) is 127 cm³/mol. The molecule has 0 bridgehead atoms. The summed E-state index contributed by atoms with van der Waals surface area (Å²) in [5.74, 6) is -4.70. The van der Waals surface area contributed by atoms with Crippen molar-refractivity contribution in [3.8, 4) is 5.75 Å². The van der Waals surface area contributed by atoms with Crippen LogP contribution >= 0.6 is 0 Å². The van der Waals surface area contributed by atoms with E-state index in [0.717, 1.165) is 56.2 Å². The third-order valence-electron chi connectivity index (χ3n) is 8.47. The Morgan fingerprint density at radius 1 is 0.750 bits per heavy atom. The number of ether oxygens (including phenoxy) is 1. The topological polar surface area (TPSA) is 9.23 Å². The Bertz CT molecular complexity index is 1020. The van der Waals surface area contributed by atoms with Crippen LogP contribution in [0.15, 0.2) is 36.4 Å². The molecule has 2 aliphatic rings. The van der Waals surface area contributed by atoms with E-state index in [1.807, 2.05) is 0 Å². The van der Waals surface area contributed by atoms with Gasteiger partial charge in [0.1, 0.15) is 11.3 Å². The number of aryl methyl sites for hydroxylation is 1. The molecule has 0 aromatic heterocycles. The summed E-state index contributed by atoms with van der Waals surface area (Å²) >= 11 is 0. The minimum atomic E-state index is -4.02. The summed E-state index contributed by atoms with van der Waals surface area (Å²) < 4.78 is 89.6. The molecule has 4 rings (SSSR count). The molecule has 0 saturated heterocycles. The lowest BCUT2D eigenvalue weighted by Crippen LogP contribution is -2.33. The van der Waals surface area contributed by atoms with Gasteiger partial charge in [0, 0.05) is 12.3 Å². The smallest absolute Gasteiger partial charge is 0.429 e. The van der Waals surface area contributed by atoms with Crippen LogP contribution in [-0.2, 0) is 6.11 Å². The summed E-state index contributed by atoms with van der Waals surface area (Å²) in [5.41, 5.74) is -0.166. The minimum Gasteiger partial charge on any atom is -0.429 e. The molecule has 2 aromatic carbocycles. The monoisotopic (exact) mass is 512 g/mol. The average Bonchev–Trinajstić information content (AvgIpc) is 2.87. The third-order valence-corrected chi connectivity index (χ3v) is 8.47. The van der Waals surface area contributed by atoms with E-state index in [9.17, 15) is 26.3 Å². The molecule has 0 spiro atoms. The van der Waals surface area contributed by atoms with Crippen LogP contribution in [0.4, 0.5) is 26.3 Å². The van der Waals surface area contributed by atoms with Gasteiger partial charge in [0.25, 0.3) is 5.92 Å². The van der Waals surface area contributed by atoms with Crippen LogP contribution in [0.2, 0.25) is 0 Å². The summed E-state index contributed by atoms with van der Waals surface area (Å²) in [4.78, 5) is 0. The first-order valence-corrected chi connectivity index (χ1v) is 13.0. The lowest BCUT2D eigenvalue weighted by Gasteiger charge is -2.39. The van der Waals surface area contributed by atoms with Gasteiger partial charge in [-0.1, -0.05) is 25.1 Å². The van der Waals surface area contributed by atoms with Gasteiger partial charge >= 0.3 is 6.11 Å². The Hall–Kier alpha value is -2.18. The van der Waals surface area contributed by atoms with Gasteiger partial charge in [0.15, 0.2) is 11.6 Å². The second-order valence-corrected chi connectivity index (χ2v) is 10.6. The highest BCUT2D eigenvalue weighted by Gasteiger charge is 2.42. The molecule has 2 saturated carbocycles. The van der Waals surface area contributed by atoms with Crippen molar-refractivity contribution < 1.29 is 31.1 Å². The zero-order valence-electron chi connectivity index (χ0n) is 20.8. The van der Waals surface area contributed by atoms with E-state index in [-0.39, 0.29) is 17.7 Å². The largest absolute Gasteiger partial charge is 0.429 e. The summed E-state index contributed by atoms with van der Waals surface area (Å²) in [5, 5.41) is 0. The fourth-order valence-electron chi connectivity index (χ4n) is 6.11. The van der Waals surface area contributed by atoms with Crippen LogP contribution < -0.4 is 4.74 Å². The molecule has 0 atom stereocenters. The van der Waals surface area contributed by atoms with Crippen molar-refractivity contribution in [3.05, 3.63) is 64.7 Å². The van der Waals surface area contributed by atoms with Crippen LogP contribution in [0.25, 0.3) is 0 Å². The van der Waals surface area contributed by atoms with Crippen LogP contribution in [0, 0.1) is 36.3 Å². The van der Waals surface area contributed by atoms with E-state index >= 15 is 0 Å². The number of halogens is 6. The molecular weight excluding hydrogens is 478 g/mol. The number of hydrogen-bond donors (Lipinski definition) is 0. The number of hydrogen-bond acceptors (Lipinski definition) is 1. The molecule has 7 heteroatoms. The van der Waals surface area contributed by atoms with E-state index in [1.165, 1.54) is 19.1 Å². The summed E-state index contributed by atoms with van der Waals surface area (Å²) in [7, 11) is 0. The Morgan fingerprint density at radius 2 is 1.31 bits per heavy atom. The molecule has 0 amide bonds. The van der Waals surface area contributed by atoms with Gasteiger partial charge in [-0.2, -0.15) is 8.78 Å². The lowest BCUT2D eigenvalue weighted by molar-refractivity contribution is -0.187. The molecule has 0 aliphatic heterocycles. The second kappa shape index (κ2) is 10.7. The van der Waals surface area contributed by atoms with Crippen LogP contribution in [-0.4, -0.2) is 5.92 Å². The number of rotatable bonds is 7. The van der Waals surface area contributed by atoms with Crippen molar-refractivity contribution >= 4 is 0 Å². The van der Waals surface area contributed by atoms with Crippen molar-refractivity contribution in [2.24, 2.45) is 17.8 Å². The minimum absolute atomic E-state index is 0.0585. The third kappa shape index (κ3) is 5.70. The normalized spacial score (nSPS) is 25.6. The maximum atomic E-state index is 14.5. The zero-order chi connectivity index (χ0) is 26.1. The van der Waals surface area contributed by atoms with Gasteiger partial charge in [-0.05, 0) is 105 Å². The van der Waals surface area contributed by atoms with Crippen molar-refractivity contribution in [1.82, 2.24) is 0 Å². The highest BCUT2D eigenvalue weighted by Crippen LogP contribution is 2.47. The molecule has 0 radical (unpaired) electrons. The molecular formula is C29H34F6O. The molecule has 0 heterocycles.